The van der Waals surface area contributed by atoms with E-state index in [-0.39, 0.29) is 5.41 Å². The Morgan fingerprint density at radius 3 is 1.45 bits per heavy atom. The average Bonchev–Trinajstić information content (AvgIpc) is 3.59. The van der Waals surface area contributed by atoms with Crippen LogP contribution in [0, 0.1) is 0 Å². The molecule has 0 spiro atoms. The van der Waals surface area contributed by atoms with Gasteiger partial charge in [-0.3, -0.25) is 0 Å². The maximum atomic E-state index is 2.46. The number of benzene rings is 11. The topological polar surface area (TPSA) is 3.24 Å². The van der Waals surface area contributed by atoms with E-state index in [2.05, 4.69) is 255 Å². The third kappa shape index (κ3) is 6.08. The van der Waals surface area contributed by atoms with Crippen molar-refractivity contribution in [3.05, 3.63) is 248 Å². The van der Waals surface area contributed by atoms with Crippen LogP contribution in [0.4, 0.5) is 17.1 Å². The molecule has 0 bridgehead atoms. The van der Waals surface area contributed by atoms with Crippen molar-refractivity contribution >= 4 is 49.4 Å². The van der Waals surface area contributed by atoms with Crippen molar-refractivity contribution in [3.63, 3.8) is 0 Å². The quantitative estimate of drug-likeness (QED) is 0.145. The second kappa shape index (κ2) is 15.1. The van der Waals surface area contributed by atoms with E-state index >= 15 is 0 Å². The fraction of sp³-hybridized carbons (Fsp3) is 0.0476. The summed E-state index contributed by atoms with van der Waals surface area (Å²) in [5, 5.41) is 7.55. The Balaban J connectivity index is 1.13. The SMILES string of the molecule is CC1(C)c2ccccc2-c2ccc(-c3ccc4c(c3)c3ccccc3c3c(-c5ccc(N(c6ccccc6)c6ccccc6)cc5)cc(-c5ccccc5)c(-c5ccccc5)c43)cc21. The molecule has 11 aromatic carbocycles. The normalized spacial score (nSPS) is 12.7. The highest BCUT2D eigenvalue weighted by atomic mass is 15.1. The number of anilines is 3. The summed E-state index contributed by atoms with van der Waals surface area (Å²) >= 11 is 0. The molecule has 11 aromatic rings. The van der Waals surface area contributed by atoms with Crippen LogP contribution in [0.3, 0.4) is 0 Å². The Morgan fingerprint density at radius 2 is 0.766 bits per heavy atom. The largest absolute Gasteiger partial charge is 0.311 e. The van der Waals surface area contributed by atoms with E-state index in [1.807, 2.05) is 0 Å². The number of para-hydroxylation sites is 2. The highest BCUT2D eigenvalue weighted by molar-refractivity contribution is 6.33. The molecule has 0 aliphatic heterocycles. The maximum absolute atomic E-state index is 2.46. The second-order valence-electron chi connectivity index (χ2n) is 17.6. The lowest BCUT2D eigenvalue weighted by atomic mass is 9.80. The minimum Gasteiger partial charge on any atom is -0.311 e. The van der Waals surface area contributed by atoms with E-state index in [9.17, 15) is 0 Å². The smallest absolute Gasteiger partial charge is 0.0462 e. The van der Waals surface area contributed by atoms with Gasteiger partial charge < -0.3 is 4.90 Å². The first kappa shape index (κ1) is 37.7. The van der Waals surface area contributed by atoms with Crippen LogP contribution in [0.25, 0.3) is 88.0 Å². The molecular formula is C63H45N. The minimum absolute atomic E-state index is 0.0733. The predicted octanol–water partition coefficient (Wildman–Crippen LogP) is 17.6. The van der Waals surface area contributed by atoms with Gasteiger partial charge in [-0.2, -0.15) is 0 Å². The lowest BCUT2D eigenvalue weighted by Crippen LogP contribution is -2.14. The average molecular weight is 816 g/mol. The molecule has 1 aliphatic carbocycles. The molecule has 1 nitrogen and oxygen atoms in total. The van der Waals surface area contributed by atoms with Crippen LogP contribution >= 0.6 is 0 Å². The summed E-state index contributed by atoms with van der Waals surface area (Å²) in [6, 6.07) is 87.2. The summed E-state index contributed by atoms with van der Waals surface area (Å²) in [6.45, 7) is 4.73. The second-order valence-corrected chi connectivity index (χ2v) is 17.6. The first-order chi connectivity index (χ1) is 31.5. The van der Waals surface area contributed by atoms with Gasteiger partial charge in [0.2, 0.25) is 0 Å². The summed E-state index contributed by atoms with van der Waals surface area (Å²) in [7, 11) is 0. The van der Waals surface area contributed by atoms with Crippen molar-refractivity contribution in [3.8, 4) is 55.6 Å². The molecule has 0 unspecified atom stereocenters. The molecule has 0 atom stereocenters. The van der Waals surface area contributed by atoms with Crippen LogP contribution in [0.5, 0.6) is 0 Å². The molecule has 0 amide bonds. The maximum Gasteiger partial charge on any atom is 0.0462 e. The first-order valence-corrected chi connectivity index (χ1v) is 22.3. The van der Waals surface area contributed by atoms with E-state index in [1.165, 1.54) is 99.1 Å². The van der Waals surface area contributed by atoms with Gasteiger partial charge >= 0.3 is 0 Å². The van der Waals surface area contributed by atoms with Crippen molar-refractivity contribution < 1.29 is 0 Å². The number of rotatable bonds is 7. The molecule has 0 N–H and O–H groups in total. The Morgan fingerprint density at radius 1 is 0.281 bits per heavy atom. The Bertz CT molecular complexity index is 3500. The number of fused-ring (bicyclic) bond motifs is 9. The van der Waals surface area contributed by atoms with E-state index in [1.54, 1.807) is 0 Å². The Labute approximate surface area is 375 Å². The van der Waals surface area contributed by atoms with Gasteiger partial charge in [0.25, 0.3) is 0 Å². The van der Waals surface area contributed by atoms with E-state index in [0.717, 1.165) is 17.1 Å². The van der Waals surface area contributed by atoms with Crippen LogP contribution in [0.1, 0.15) is 25.0 Å². The molecule has 12 rings (SSSR count). The molecule has 64 heavy (non-hydrogen) atoms. The predicted molar refractivity (Wildman–Crippen MR) is 273 cm³/mol. The molecular weight excluding hydrogens is 771 g/mol. The third-order valence-electron chi connectivity index (χ3n) is 13.6. The summed E-state index contributed by atoms with van der Waals surface area (Å²) in [6.07, 6.45) is 0. The molecule has 1 heteroatoms. The van der Waals surface area contributed by atoms with Crippen molar-refractivity contribution in [1.29, 1.82) is 0 Å². The zero-order chi connectivity index (χ0) is 42.8. The Hall–Kier alpha value is -8.00. The molecule has 0 saturated heterocycles. The minimum atomic E-state index is -0.0733. The van der Waals surface area contributed by atoms with Gasteiger partial charge in [-0.25, -0.2) is 0 Å². The van der Waals surface area contributed by atoms with Crippen LogP contribution in [-0.4, -0.2) is 0 Å². The molecule has 0 aromatic heterocycles. The molecule has 0 saturated carbocycles. The molecule has 1 aliphatic rings. The van der Waals surface area contributed by atoms with Gasteiger partial charge in [0, 0.05) is 22.5 Å². The van der Waals surface area contributed by atoms with Crippen LogP contribution in [0.2, 0.25) is 0 Å². The first-order valence-electron chi connectivity index (χ1n) is 22.3. The number of hydrogen-bond acceptors (Lipinski definition) is 1. The molecule has 0 fully saturated rings. The highest BCUT2D eigenvalue weighted by Gasteiger charge is 2.35. The van der Waals surface area contributed by atoms with Gasteiger partial charge in [-0.1, -0.05) is 196 Å². The van der Waals surface area contributed by atoms with Crippen molar-refractivity contribution in [2.45, 2.75) is 19.3 Å². The fourth-order valence-corrected chi connectivity index (χ4v) is 10.6. The van der Waals surface area contributed by atoms with Crippen LogP contribution in [0.15, 0.2) is 237 Å². The van der Waals surface area contributed by atoms with Crippen molar-refractivity contribution in [2.75, 3.05) is 4.90 Å². The van der Waals surface area contributed by atoms with Crippen LogP contribution < -0.4 is 4.90 Å². The van der Waals surface area contributed by atoms with Crippen LogP contribution in [-0.2, 0) is 5.41 Å². The Kier molecular flexibility index (Phi) is 8.91. The number of nitrogens with zero attached hydrogens (tertiary/aromatic N) is 1. The summed E-state index contributed by atoms with van der Waals surface area (Å²) in [4.78, 5) is 2.33. The summed E-state index contributed by atoms with van der Waals surface area (Å²) in [5.41, 5.74) is 18.5. The zero-order valence-electron chi connectivity index (χ0n) is 36.0. The van der Waals surface area contributed by atoms with Gasteiger partial charge in [-0.15, -0.1) is 0 Å². The van der Waals surface area contributed by atoms with E-state index < -0.39 is 0 Å². The van der Waals surface area contributed by atoms with Gasteiger partial charge in [0.15, 0.2) is 0 Å². The van der Waals surface area contributed by atoms with Crippen molar-refractivity contribution in [1.82, 2.24) is 0 Å². The zero-order valence-corrected chi connectivity index (χ0v) is 36.0. The monoisotopic (exact) mass is 815 g/mol. The standard InChI is InChI=1S/C63H45N/c1-63(2)58-30-18-17-28-51(58)52-37-33-46(40-59(52)63)45-34-38-54-57(39-45)50-27-15-16-29-53(50)61-56(41-55(42-19-7-3-8-20-42)60(62(54)61)44-21-9-4-10-22-44)43-31-35-49(36-32-43)64(47-23-11-5-12-24-47)48-25-13-6-14-26-48/h3-41H,1-2H3. The van der Waals surface area contributed by atoms with Crippen molar-refractivity contribution in [2.24, 2.45) is 0 Å². The number of hydrogen-bond donors (Lipinski definition) is 0. The summed E-state index contributed by atoms with van der Waals surface area (Å²) in [5.74, 6) is 0. The van der Waals surface area contributed by atoms with E-state index in [0.29, 0.717) is 0 Å². The lowest BCUT2D eigenvalue weighted by Gasteiger charge is -2.26. The highest BCUT2D eigenvalue weighted by Crippen LogP contribution is 2.52. The third-order valence-corrected chi connectivity index (χ3v) is 13.6. The fourth-order valence-electron chi connectivity index (χ4n) is 10.6. The molecule has 0 radical (unpaired) electrons. The van der Waals surface area contributed by atoms with Gasteiger partial charge in [-0.05, 0) is 154 Å². The summed E-state index contributed by atoms with van der Waals surface area (Å²) < 4.78 is 0. The van der Waals surface area contributed by atoms with Gasteiger partial charge in [0.1, 0.15) is 0 Å². The molecule has 0 heterocycles. The van der Waals surface area contributed by atoms with E-state index in [4.69, 9.17) is 0 Å². The van der Waals surface area contributed by atoms with Gasteiger partial charge in [0.05, 0.1) is 0 Å². The lowest BCUT2D eigenvalue weighted by molar-refractivity contribution is 0.660. The molecule has 302 valence electrons.